The van der Waals surface area contributed by atoms with Gasteiger partial charge in [0, 0.05) is 20.2 Å². The molecule has 1 heterocycles. The number of hydrogen-bond acceptors (Lipinski definition) is 4. The predicted molar refractivity (Wildman–Crippen MR) is 95.2 cm³/mol. The molecular formula is C18H23N3O4. The molecule has 0 saturated carbocycles. The second-order valence-corrected chi connectivity index (χ2v) is 5.73. The van der Waals surface area contributed by atoms with Gasteiger partial charge in [0.1, 0.15) is 18.1 Å². The van der Waals surface area contributed by atoms with E-state index >= 15 is 0 Å². The average molecular weight is 345 g/mol. The maximum Gasteiger partial charge on any atom is 0.331 e. The zero-order chi connectivity index (χ0) is 18.4. The number of carbonyl (C=O) groups is 1. The van der Waals surface area contributed by atoms with Gasteiger partial charge in [0.05, 0.1) is 6.54 Å². The topological polar surface area (TPSA) is 82.3 Å². The minimum absolute atomic E-state index is 0.0273. The van der Waals surface area contributed by atoms with Gasteiger partial charge in [-0.05, 0) is 18.1 Å². The van der Waals surface area contributed by atoms with Crippen molar-refractivity contribution < 1.29 is 9.53 Å². The molecule has 134 valence electrons. The number of para-hydroxylation sites is 1. The second kappa shape index (κ2) is 8.32. The smallest absolute Gasteiger partial charge is 0.331 e. The van der Waals surface area contributed by atoms with E-state index in [1.165, 1.54) is 14.1 Å². The number of benzene rings is 1. The number of nitrogens with zero attached hydrogens (tertiary/aromatic N) is 2. The second-order valence-electron chi connectivity index (χ2n) is 5.73. The van der Waals surface area contributed by atoms with Gasteiger partial charge >= 0.3 is 5.69 Å². The normalized spacial score (nSPS) is 10.5. The molecule has 0 aliphatic heterocycles. The van der Waals surface area contributed by atoms with Gasteiger partial charge < -0.3 is 10.1 Å². The molecule has 2 aromatic rings. The first-order valence-electron chi connectivity index (χ1n) is 8.21. The molecule has 0 aliphatic rings. The molecule has 1 aromatic heterocycles. The number of rotatable bonds is 7. The summed E-state index contributed by atoms with van der Waals surface area (Å²) in [6.07, 6.45) is 1.95. The van der Waals surface area contributed by atoms with Crippen LogP contribution in [-0.2, 0) is 20.5 Å². The first kappa shape index (κ1) is 18.5. The first-order valence-corrected chi connectivity index (χ1v) is 8.21. The van der Waals surface area contributed by atoms with Crippen LogP contribution in [0.1, 0.15) is 29.4 Å². The van der Waals surface area contributed by atoms with Crippen LogP contribution >= 0.6 is 0 Å². The maximum atomic E-state index is 12.2. The molecule has 1 aromatic carbocycles. The van der Waals surface area contributed by atoms with E-state index in [1.807, 2.05) is 24.3 Å². The number of aromatic nitrogens is 2. The van der Waals surface area contributed by atoms with E-state index in [-0.39, 0.29) is 12.2 Å². The van der Waals surface area contributed by atoms with Crippen LogP contribution in [-0.4, -0.2) is 28.2 Å². The number of aryl methyl sites for hydroxylation is 1. The first-order chi connectivity index (χ1) is 12.0. The molecule has 0 radical (unpaired) electrons. The molecular weight excluding hydrogens is 322 g/mol. The Balaban J connectivity index is 1.96. The van der Waals surface area contributed by atoms with Gasteiger partial charge in [-0.3, -0.25) is 18.7 Å². The maximum absolute atomic E-state index is 12.2. The number of carbonyl (C=O) groups excluding carboxylic acids is 1. The number of ether oxygens (including phenoxy) is 1. The monoisotopic (exact) mass is 345 g/mol. The van der Waals surface area contributed by atoms with E-state index in [9.17, 15) is 14.4 Å². The minimum Gasteiger partial charge on any atom is -0.491 e. The van der Waals surface area contributed by atoms with E-state index < -0.39 is 17.2 Å². The summed E-state index contributed by atoms with van der Waals surface area (Å²) in [6, 6.07) is 8.94. The lowest BCUT2D eigenvalue weighted by atomic mass is 10.1. The highest BCUT2D eigenvalue weighted by molar-refractivity contribution is 5.92. The van der Waals surface area contributed by atoms with Gasteiger partial charge in [0.25, 0.3) is 11.5 Å². The van der Waals surface area contributed by atoms with E-state index in [4.69, 9.17) is 4.74 Å². The Morgan fingerprint density at radius 3 is 2.60 bits per heavy atom. The summed E-state index contributed by atoms with van der Waals surface area (Å²) in [5.74, 6) is 0.322. The Bertz CT molecular complexity index is 867. The highest BCUT2D eigenvalue weighted by Crippen LogP contribution is 2.19. The number of nitrogens with one attached hydrogen (secondary N) is 1. The Kier molecular flexibility index (Phi) is 6.16. The van der Waals surface area contributed by atoms with Gasteiger partial charge in [0.2, 0.25) is 0 Å². The van der Waals surface area contributed by atoms with Crippen LogP contribution in [0.25, 0.3) is 0 Å². The van der Waals surface area contributed by atoms with E-state index in [1.54, 1.807) is 0 Å². The van der Waals surface area contributed by atoms with Crippen LogP contribution in [0.2, 0.25) is 0 Å². The molecule has 0 aliphatic carbocycles. The van der Waals surface area contributed by atoms with Crippen LogP contribution in [0.4, 0.5) is 0 Å². The zero-order valence-electron chi connectivity index (χ0n) is 14.7. The van der Waals surface area contributed by atoms with Crippen molar-refractivity contribution in [2.45, 2.75) is 19.8 Å². The molecule has 0 fully saturated rings. The molecule has 0 saturated heterocycles. The van der Waals surface area contributed by atoms with Gasteiger partial charge in [-0.1, -0.05) is 31.5 Å². The molecule has 0 spiro atoms. The summed E-state index contributed by atoms with van der Waals surface area (Å²) in [5.41, 5.74) is 0.102. The fourth-order valence-corrected chi connectivity index (χ4v) is 2.49. The van der Waals surface area contributed by atoms with E-state index in [0.717, 1.165) is 39.4 Å². The van der Waals surface area contributed by atoms with Gasteiger partial charge in [0.15, 0.2) is 0 Å². The largest absolute Gasteiger partial charge is 0.491 e. The summed E-state index contributed by atoms with van der Waals surface area (Å²) in [5, 5.41) is 2.66. The predicted octanol–water partition coefficient (Wildman–Crippen LogP) is 0.845. The fourth-order valence-electron chi connectivity index (χ4n) is 2.49. The molecule has 7 nitrogen and oxygen atoms in total. The third kappa shape index (κ3) is 4.37. The van der Waals surface area contributed by atoms with Gasteiger partial charge in [-0.15, -0.1) is 0 Å². The molecule has 25 heavy (non-hydrogen) atoms. The van der Waals surface area contributed by atoms with Crippen LogP contribution in [0.3, 0.4) is 0 Å². The summed E-state index contributed by atoms with van der Waals surface area (Å²) < 4.78 is 7.82. The lowest BCUT2D eigenvalue weighted by Crippen LogP contribution is -2.41. The third-order valence-corrected chi connectivity index (χ3v) is 3.90. The van der Waals surface area contributed by atoms with Crippen molar-refractivity contribution in [2.24, 2.45) is 14.1 Å². The third-order valence-electron chi connectivity index (χ3n) is 3.90. The van der Waals surface area contributed by atoms with Gasteiger partial charge in [-0.2, -0.15) is 0 Å². The van der Waals surface area contributed by atoms with Crippen molar-refractivity contribution in [3.8, 4) is 5.75 Å². The standard InChI is InChI=1S/C18H23N3O4/c1-4-7-13-8-5-6-9-15(13)25-11-10-19-17(23)14-12-16(22)21(3)18(24)20(14)2/h5-6,8-9,12H,4,7,10-11H2,1-3H3,(H,19,23). The van der Waals surface area contributed by atoms with Crippen molar-refractivity contribution >= 4 is 5.91 Å². The van der Waals surface area contributed by atoms with Gasteiger partial charge in [-0.25, -0.2) is 4.79 Å². The Morgan fingerprint density at radius 2 is 1.88 bits per heavy atom. The number of hydrogen-bond donors (Lipinski definition) is 1. The highest BCUT2D eigenvalue weighted by Gasteiger charge is 2.13. The summed E-state index contributed by atoms with van der Waals surface area (Å²) in [7, 11) is 2.82. The zero-order valence-corrected chi connectivity index (χ0v) is 14.7. The molecule has 1 amide bonds. The van der Waals surface area contributed by atoms with Crippen LogP contribution in [0.15, 0.2) is 39.9 Å². The Morgan fingerprint density at radius 1 is 1.16 bits per heavy atom. The molecule has 0 atom stereocenters. The Hall–Kier alpha value is -2.83. The lowest BCUT2D eigenvalue weighted by Gasteiger charge is -2.12. The molecule has 0 bridgehead atoms. The van der Waals surface area contributed by atoms with Crippen molar-refractivity contribution in [1.82, 2.24) is 14.5 Å². The summed E-state index contributed by atoms with van der Waals surface area (Å²) in [6.45, 7) is 2.67. The Labute approximate surface area is 145 Å². The van der Waals surface area contributed by atoms with E-state index in [0.29, 0.717) is 6.61 Å². The van der Waals surface area contributed by atoms with Crippen molar-refractivity contribution in [3.63, 3.8) is 0 Å². The van der Waals surface area contributed by atoms with Crippen molar-refractivity contribution in [3.05, 3.63) is 62.4 Å². The van der Waals surface area contributed by atoms with E-state index in [2.05, 4.69) is 12.2 Å². The SMILES string of the molecule is CCCc1ccccc1OCCNC(=O)c1cc(=O)n(C)c(=O)n1C. The summed E-state index contributed by atoms with van der Waals surface area (Å²) >= 11 is 0. The lowest BCUT2D eigenvalue weighted by molar-refractivity contribution is 0.0936. The minimum atomic E-state index is -0.539. The number of amides is 1. The molecule has 0 unspecified atom stereocenters. The van der Waals surface area contributed by atoms with Crippen LogP contribution < -0.4 is 21.3 Å². The highest BCUT2D eigenvalue weighted by atomic mass is 16.5. The summed E-state index contributed by atoms with van der Waals surface area (Å²) in [4.78, 5) is 35.7. The average Bonchev–Trinajstić information content (AvgIpc) is 2.61. The van der Waals surface area contributed by atoms with Crippen LogP contribution in [0.5, 0.6) is 5.75 Å². The van der Waals surface area contributed by atoms with Crippen LogP contribution in [0, 0.1) is 0 Å². The van der Waals surface area contributed by atoms with Crippen molar-refractivity contribution in [2.75, 3.05) is 13.2 Å². The van der Waals surface area contributed by atoms with Crippen molar-refractivity contribution in [1.29, 1.82) is 0 Å². The molecule has 2 rings (SSSR count). The fraction of sp³-hybridized carbons (Fsp3) is 0.389. The quantitative estimate of drug-likeness (QED) is 0.754. The molecule has 1 N–H and O–H groups in total. The molecule has 7 heteroatoms.